The molecule has 4 fully saturated rings. The van der Waals surface area contributed by atoms with Crippen LogP contribution in [0.4, 0.5) is 4.79 Å². The maximum Gasteiger partial charge on any atom is 0.407 e. The number of allylic oxidation sites excluding steroid dienone is 4. The van der Waals surface area contributed by atoms with Gasteiger partial charge in [-0.3, -0.25) is 14.4 Å². The summed E-state index contributed by atoms with van der Waals surface area (Å²) in [6.07, 6.45) is 5.33. The van der Waals surface area contributed by atoms with E-state index in [1.54, 1.807) is 39.8 Å². The van der Waals surface area contributed by atoms with Gasteiger partial charge in [0.25, 0.3) is 0 Å². The van der Waals surface area contributed by atoms with E-state index in [4.69, 9.17) is 9.47 Å². The van der Waals surface area contributed by atoms with E-state index in [1.807, 2.05) is 26.8 Å². The number of carbonyl (C=O) groups excluding carboxylic acids is 4. The van der Waals surface area contributed by atoms with Gasteiger partial charge in [0.2, 0.25) is 5.91 Å². The molecule has 1 heterocycles. The highest BCUT2D eigenvalue weighted by molar-refractivity contribution is 6.01. The lowest BCUT2D eigenvalue weighted by Gasteiger charge is -2.58. The number of nitrogens with zero attached hydrogens (tertiary/aromatic N) is 1. The van der Waals surface area contributed by atoms with Crippen LogP contribution in [-0.4, -0.2) is 100 Å². The summed E-state index contributed by atoms with van der Waals surface area (Å²) in [6, 6.07) is -1.13. The third-order valence-corrected chi connectivity index (χ3v) is 15.2. The van der Waals surface area contributed by atoms with Gasteiger partial charge in [-0.25, -0.2) is 4.79 Å². The summed E-state index contributed by atoms with van der Waals surface area (Å²) in [4.78, 5) is 65.4. The number of hydrogen-bond acceptors (Lipinski definition) is 12. The highest BCUT2D eigenvalue weighted by Crippen LogP contribution is 2.66. The molecule has 6 N–H and O–H groups in total. The van der Waals surface area contributed by atoms with E-state index in [9.17, 15) is 39.4 Å². The highest BCUT2D eigenvalue weighted by atomic mass is 16.6. The minimum Gasteiger partial charge on any atom is -0.459 e. The van der Waals surface area contributed by atoms with Gasteiger partial charge >= 0.3 is 12.1 Å². The minimum atomic E-state index is -1.85. The summed E-state index contributed by atoms with van der Waals surface area (Å²) in [5.41, 5.74) is -3.04. The number of aliphatic hydroxyl groups is 3. The number of ether oxygens (including phenoxy) is 2. The first-order valence-corrected chi connectivity index (χ1v) is 22.0. The monoisotopic (exact) mass is 829 g/mol. The highest BCUT2D eigenvalue weighted by Gasteiger charge is 2.63. The molecule has 1 saturated heterocycles. The standard InChI is InChI=1S/C45H72N4O10/c1-24(2)37-45(10,56)38(28(6)48-23-25(3)21-44(9,55)36(51)26(4)19-27(5)40(53)58-37)59-41(54)47-18-17-46-39(52)33-14-13-32-31-12-11-29-20-30(50)15-16-42(29,7)35(31)34(49-57)22-43(32,33)8/h15-16,20,24-28,31-38,48,51,55-56H,11-14,17-19,21-23H2,1-10H3,(H,46,52)(H,47,54)/t25-,26+,27-,28-,31?,32?,33-,34?,35?,36-,37-,38?,42+,43?,44-,45?/m1/s1. The van der Waals surface area contributed by atoms with E-state index >= 15 is 0 Å². The summed E-state index contributed by atoms with van der Waals surface area (Å²) >= 11 is 0. The predicted octanol–water partition coefficient (Wildman–Crippen LogP) is 4.98. The molecular weight excluding hydrogens is 757 g/mol. The first kappa shape index (κ1) is 46.9. The third-order valence-electron chi connectivity index (χ3n) is 15.2. The van der Waals surface area contributed by atoms with E-state index < -0.39 is 76.3 Å². The van der Waals surface area contributed by atoms with Crippen molar-refractivity contribution in [3.63, 3.8) is 0 Å². The van der Waals surface area contributed by atoms with E-state index in [0.29, 0.717) is 19.4 Å². The molecule has 14 heteroatoms. The van der Waals surface area contributed by atoms with Gasteiger partial charge < -0.3 is 40.7 Å². The van der Waals surface area contributed by atoms with Gasteiger partial charge in [-0.1, -0.05) is 65.3 Å². The van der Waals surface area contributed by atoms with Crippen LogP contribution in [0.1, 0.15) is 114 Å². The second kappa shape index (κ2) is 18.0. The van der Waals surface area contributed by atoms with Crippen LogP contribution in [0.15, 0.2) is 29.0 Å². The molecule has 5 rings (SSSR count). The van der Waals surface area contributed by atoms with Crippen molar-refractivity contribution in [1.29, 1.82) is 0 Å². The normalized spacial score (nSPS) is 44.4. The molecule has 4 aliphatic carbocycles. The van der Waals surface area contributed by atoms with Gasteiger partial charge in [-0.05, 0) is 119 Å². The molecule has 3 saturated carbocycles. The van der Waals surface area contributed by atoms with Gasteiger partial charge in [-0.2, -0.15) is 4.91 Å². The Balaban J connectivity index is 1.23. The lowest BCUT2D eigenvalue weighted by Crippen LogP contribution is -2.62. The number of ketones is 1. The van der Waals surface area contributed by atoms with E-state index in [2.05, 4.69) is 35.0 Å². The fourth-order valence-electron chi connectivity index (χ4n) is 12.3. The molecule has 59 heavy (non-hydrogen) atoms. The van der Waals surface area contributed by atoms with Crippen molar-refractivity contribution in [2.75, 3.05) is 19.6 Å². The van der Waals surface area contributed by atoms with Crippen molar-refractivity contribution in [2.24, 2.45) is 63.4 Å². The second-order valence-corrected chi connectivity index (χ2v) is 20.3. The molecule has 332 valence electrons. The zero-order valence-corrected chi connectivity index (χ0v) is 37.0. The minimum absolute atomic E-state index is 0.0194. The zero-order chi connectivity index (χ0) is 43.8. The maximum absolute atomic E-state index is 13.8. The lowest BCUT2D eigenvalue weighted by molar-refractivity contribution is -0.193. The number of cyclic esters (lactones) is 1. The predicted molar refractivity (Wildman–Crippen MR) is 223 cm³/mol. The molecule has 0 aromatic rings. The molecule has 0 aromatic carbocycles. The summed E-state index contributed by atoms with van der Waals surface area (Å²) in [7, 11) is 0. The molecule has 14 nitrogen and oxygen atoms in total. The number of rotatable bonds is 7. The van der Waals surface area contributed by atoms with E-state index in [0.717, 1.165) is 24.8 Å². The van der Waals surface area contributed by atoms with Crippen LogP contribution in [0.25, 0.3) is 0 Å². The van der Waals surface area contributed by atoms with Crippen LogP contribution >= 0.6 is 0 Å². The van der Waals surface area contributed by atoms with Gasteiger partial charge in [0.05, 0.1) is 23.7 Å². The van der Waals surface area contributed by atoms with Gasteiger partial charge in [0.15, 0.2) is 11.9 Å². The fraction of sp³-hybridized carbons (Fsp3) is 0.822. The average Bonchev–Trinajstić information content (AvgIpc) is 3.51. The van der Waals surface area contributed by atoms with E-state index in [1.165, 1.54) is 6.92 Å². The zero-order valence-electron chi connectivity index (χ0n) is 37.0. The molecule has 1 aliphatic heterocycles. The number of nitroso groups, excluding NO2 is 1. The van der Waals surface area contributed by atoms with Gasteiger partial charge in [-0.15, -0.1) is 0 Å². The molecule has 0 spiro atoms. The molecule has 0 aromatic heterocycles. The lowest BCUT2D eigenvalue weighted by atomic mass is 9.46. The summed E-state index contributed by atoms with van der Waals surface area (Å²) in [5.74, 6) is -2.21. The van der Waals surface area contributed by atoms with Crippen molar-refractivity contribution in [3.05, 3.63) is 28.7 Å². The molecule has 0 radical (unpaired) electrons. The molecule has 2 amide bonds. The van der Waals surface area contributed by atoms with Crippen molar-refractivity contribution in [3.8, 4) is 0 Å². The Hall–Kier alpha value is -3.20. The molecule has 16 atom stereocenters. The number of amides is 2. The Morgan fingerprint density at radius 2 is 1.69 bits per heavy atom. The summed E-state index contributed by atoms with van der Waals surface area (Å²) in [5, 5.41) is 47.2. The third kappa shape index (κ3) is 9.50. The number of esters is 1. The average molecular weight is 829 g/mol. The topological polar surface area (TPSA) is 213 Å². The molecular formula is C45H72N4O10. The first-order chi connectivity index (χ1) is 27.5. The largest absolute Gasteiger partial charge is 0.459 e. The number of aliphatic hydroxyl groups excluding tert-OH is 1. The summed E-state index contributed by atoms with van der Waals surface area (Å²) in [6.45, 7) is 18.7. The second-order valence-electron chi connectivity index (χ2n) is 20.3. The van der Waals surface area contributed by atoms with Crippen molar-refractivity contribution in [2.45, 2.75) is 156 Å². The number of carbonyl (C=O) groups is 4. The number of fused-ring (bicyclic) bond motifs is 5. The fourth-order valence-corrected chi connectivity index (χ4v) is 12.3. The van der Waals surface area contributed by atoms with Crippen LogP contribution < -0.4 is 16.0 Å². The SMILES string of the molecule is CC(C)[C@H]1OC(=O)[C@H](C)C[C@H](C)[C@@H](O)[C@](C)(O)C[C@@H](C)CN[C@H](C)C(OC(=O)NCCNC(=O)[C@H]2CCC3C4CCC5=CC(=O)C=C[C@]5(C)C4C(N=O)CC32C)C1(C)O. The quantitative estimate of drug-likeness (QED) is 0.114. The van der Waals surface area contributed by atoms with Crippen LogP contribution in [0.5, 0.6) is 0 Å². The van der Waals surface area contributed by atoms with E-state index in [-0.39, 0.29) is 73.1 Å². The molecule has 5 aliphatic rings. The Bertz CT molecular complexity index is 1650. The molecule has 0 bridgehead atoms. The Labute approximate surface area is 350 Å². The number of nitrogens with one attached hydrogen (secondary N) is 3. The van der Waals surface area contributed by atoms with Crippen molar-refractivity contribution >= 4 is 23.8 Å². The van der Waals surface area contributed by atoms with Crippen molar-refractivity contribution < 1.29 is 44.0 Å². The van der Waals surface area contributed by atoms with Crippen LogP contribution in [0.2, 0.25) is 0 Å². The maximum atomic E-state index is 13.8. The Kier molecular flexibility index (Phi) is 14.3. The smallest absolute Gasteiger partial charge is 0.407 e. The summed E-state index contributed by atoms with van der Waals surface area (Å²) < 4.78 is 11.9. The number of alkyl carbamates (subject to hydrolysis) is 1. The first-order valence-electron chi connectivity index (χ1n) is 22.0. The van der Waals surface area contributed by atoms with Crippen LogP contribution in [0.3, 0.4) is 0 Å². The Morgan fingerprint density at radius 3 is 2.36 bits per heavy atom. The van der Waals surface area contributed by atoms with Gasteiger partial charge in [0, 0.05) is 36.4 Å². The Morgan fingerprint density at radius 1 is 1.02 bits per heavy atom. The number of hydrogen-bond donors (Lipinski definition) is 6. The van der Waals surface area contributed by atoms with Crippen LogP contribution in [0, 0.1) is 63.1 Å². The molecule has 7 unspecified atom stereocenters. The van der Waals surface area contributed by atoms with Gasteiger partial charge in [0.1, 0.15) is 11.7 Å². The van der Waals surface area contributed by atoms with Crippen molar-refractivity contribution in [1.82, 2.24) is 16.0 Å². The van der Waals surface area contributed by atoms with Crippen LogP contribution in [-0.2, 0) is 23.9 Å².